The number of carbonyl (C=O) groups excluding carboxylic acids is 3. The number of hydrogen-bond acceptors (Lipinski definition) is 8. The molecule has 0 aromatic heterocycles. The molecule has 1 heterocycles. The molecule has 0 radical (unpaired) electrons. The fourth-order valence-corrected chi connectivity index (χ4v) is 5.11. The monoisotopic (exact) mass is 521 g/mol. The number of aromatic hydroxyl groups is 1. The van der Waals surface area contributed by atoms with Crippen molar-refractivity contribution in [3.8, 4) is 17.2 Å². The Kier molecular flexibility index (Phi) is 6.30. The summed E-state index contributed by atoms with van der Waals surface area (Å²) in [6.07, 6.45) is 1.13. The van der Waals surface area contributed by atoms with Crippen LogP contribution in [-0.4, -0.2) is 45.9 Å². The molecule has 198 valence electrons. The molecule has 2 aromatic carbocycles. The molecule has 10 nitrogen and oxygen atoms in total. The molecule has 0 saturated carbocycles. The maximum absolute atomic E-state index is 13.5. The van der Waals surface area contributed by atoms with Crippen LogP contribution in [0.25, 0.3) is 0 Å². The predicted octanol–water partition coefficient (Wildman–Crippen LogP) is 3.47. The second kappa shape index (κ2) is 9.05. The molecule has 1 amide bonds. The Hall–Kier alpha value is -4.60. The minimum atomic E-state index is -1.66. The van der Waals surface area contributed by atoms with Crippen LogP contribution < -0.4 is 14.8 Å². The Labute approximate surface area is 218 Å². The smallest absolute Gasteiger partial charge is 0.335 e. The quantitative estimate of drug-likeness (QED) is 0.417. The summed E-state index contributed by atoms with van der Waals surface area (Å²) in [7, 11) is 1.30. The average molecular weight is 522 g/mol. The number of ether oxygens (including phenoxy) is 2. The van der Waals surface area contributed by atoms with Crippen LogP contribution in [0.5, 0.6) is 17.2 Å². The van der Waals surface area contributed by atoms with Crippen molar-refractivity contribution in [3.63, 3.8) is 0 Å². The second-order valence-corrected chi connectivity index (χ2v) is 9.52. The van der Waals surface area contributed by atoms with Crippen LogP contribution in [0.2, 0.25) is 0 Å². The van der Waals surface area contributed by atoms with Crippen LogP contribution in [0.1, 0.15) is 62.4 Å². The summed E-state index contributed by atoms with van der Waals surface area (Å²) in [6.45, 7) is 7.84. The molecule has 0 fully saturated rings. The van der Waals surface area contributed by atoms with E-state index in [2.05, 4.69) is 5.32 Å². The molecule has 10 heteroatoms. The molecule has 38 heavy (non-hydrogen) atoms. The van der Waals surface area contributed by atoms with Crippen molar-refractivity contribution >= 4 is 23.4 Å². The SMILES string of the molecule is COc1cc(O)c2c(c1C(=O)NCc1c(C)cc(C(=O)O)c(C)c1C)OC1=CC(O)=C(C(C)=O)C(=O)[C@]12C. The topological polar surface area (TPSA) is 159 Å². The number of aryl methyl sites for hydroxylation is 1. The van der Waals surface area contributed by atoms with Gasteiger partial charge >= 0.3 is 5.97 Å². The number of ketones is 2. The zero-order chi connectivity index (χ0) is 28.3. The van der Waals surface area contributed by atoms with Gasteiger partial charge in [0.2, 0.25) is 0 Å². The van der Waals surface area contributed by atoms with E-state index in [1.54, 1.807) is 26.8 Å². The third kappa shape index (κ3) is 3.71. The molecule has 0 saturated heterocycles. The molecule has 0 spiro atoms. The van der Waals surface area contributed by atoms with E-state index in [1.807, 2.05) is 0 Å². The van der Waals surface area contributed by atoms with Gasteiger partial charge in [-0.25, -0.2) is 4.79 Å². The minimum Gasteiger partial charge on any atom is -0.507 e. The lowest BCUT2D eigenvalue weighted by Gasteiger charge is -2.27. The summed E-state index contributed by atoms with van der Waals surface area (Å²) in [5.74, 6) is -4.27. The van der Waals surface area contributed by atoms with Gasteiger partial charge in [-0.1, -0.05) is 0 Å². The number of hydrogen-bond donors (Lipinski definition) is 4. The van der Waals surface area contributed by atoms with Gasteiger partial charge < -0.3 is 30.1 Å². The maximum atomic E-state index is 13.5. The van der Waals surface area contributed by atoms with E-state index in [9.17, 15) is 34.5 Å². The highest BCUT2D eigenvalue weighted by Crippen LogP contribution is 2.56. The van der Waals surface area contributed by atoms with Gasteiger partial charge in [-0.3, -0.25) is 14.4 Å². The number of Topliss-reactive ketones (excluding diaryl/α,β-unsaturated/α-hetero) is 2. The van der Waals surface area contributed by atoms with Gasteiger partial charge in [-0.2, -0.15) is 0 Å². The van der Waals surface area contributed by atoms with Crippen LogP contribution in [0.4, 0.5) is 0 Å². The molecule has 0 unspecified atom stereocenters. The highest BCUT2D eigenvalue weighted by atomic mass is 16.5. The average Bonchev–Trinajstić information content (AvgIpc) is 3.14. The first kappa shape index (κ1) is 26.5. The van der Waals surface area contributed by atoms with E-state index in [1.165, 1.54) is 20.1 Å². The molecule has 2 aromatic rings. The van der Waals surface area contributed by atoms with E-state index in [0.29, 0.717) is 11.1 Å². The minimum absolute atomic E-state index is 0.0242. The Balaban J connectivity index is 1.79. The molecular weight excluding hydrogens is 494 g/mol. The van der Waals surface area contributed by atoms with E-state index >= 15 is 0 Å². The van der Waals surface area contributed by atoms with Crippen molar-refractivity contribution in [1.82, 2.24) is 5.32 Å². The number of methoxy groups -OCH3 is 1. The van der Waals surface area contributed by atoms with E-state index in [-0.39, 0.29) is 46.2 Å². The zero-order valence-electron chi connectivity index (χ0n) is 21.7. The normalized spacial score (nSPS) is 17.8. The Morgan fingerprint density at radius 1 is 1.11 bits per heavy atom. The van der Waals surface area contributed by atoms with Crippen LogP contribution in [0.3, 0.4) is 0 Å². The number of aliphatic hydroxyl groups is 1. The largest absolute Gasteiger partial charge is 0.507 e. The highest BCUT2D eigenvalue weighted by molar-refractivity contribution is 6.25. The fraction of sp³-hybridized carbons (Fsp3) is 0.286. The van der Waals surface area contributed by atoms with Gasteiger partial charge in [-0.05, 0) is 62.9 Å². The molecule has 4 N–H and O–H groups in total. The third-order valence-corrected chi connectivity index (χ3v) is 7.35. The summed E-state index contributed by atoms with van der Waals surface area (Å²) in [5.41, 5.74) is 0.668. The van der Waals surface area contributed by atoms with Gasteiger partial charge in [0.05, 0.1) is 18.2 Å². The Morgan fingerprint density at radius 2 is 1.76 bits per heavy atom. The van der Waals surface area contributed by atoms with Crippen molar-refractivity contribution in [3.05, 3.63) is 74.2 Å². The molecule has 0 bridgehead atoms. The van der Waals surface area contributed by atoms with Crippen molar-refractivity contribution in [2.75, 3.05) is 7.11 Å². The van der Waals surface area contributed by atoms with Crippen molar-refractivity contribution in [1.29, 1.82) is 0 Å². The Bertz CT molecular complexity index is 1530. The van der Waals surface area contributed by atoms with E-state index in [4.69, 9.17) is 9.47 Å². The fourth-order valence-electron chi connectivity index (χ4n) is 5.11. The lowest BCUT2D eigenvalue weighted by Crippen LogP contribution is -2.38. The number of amides is 1. The van der Waals surface area contributed by atoms with Gasteiger partial charge in [0.1, 0.15) is 39.6 Å². The number of phenols is 1. The molecule has 2 aliphatic rings. The van der Waals surface area contributed by atoms with Gasteiger partial charge in [0.25, 0.3) is 5.91 Å². The van der Waals surface area contributed by atoms with Crippen LogP contribution in [0.15, 0.2) is 35.3 Å². The summed E-state index contributed by atoms with van der Waals surface area (Å²) in [6, 6.07) is 2.73. The first-order valence-corrected chi connectivity index (χ1v) is 11.7. The number of carboxylic acids is 1. The van der Waals surface area contributed by atoms with E-state index in [0.717, 1.165) is 24.1 Å². The molecule has 1 atom stereocenters. The zero-order valence-corrected chi connectivity index (χ0v) is 21.7. The lowest BCUT2D eigenvalue weighted by atomic mass is 9.71. The maximum Gasteiger partial charge on any atom is 0.335 e. The number of aromatic carboxylic acids is 1. The summed E-state index contributed by atoms with van der Waals surface area (Å²) < 4.78 is 11.2. The molecular formula is C28H27NO9. The second-order valence-electron chi connectivity index (χ2n) is 9.52. The lowest BCUT2D eigenvalue weighted by molar-refractivity contribution is -0.123. The number of nitrogens with one attached hydrogen (secondary N) is 1. The number of benzene rings is 2. The summed E-state index contributed by atoms with van der Waals surface area (Å²) >= 11 is 0. The molecule has 1 aliphatic heterocycles. The van der Waals surface area contributed by atoms with Crippen molar-refractivity contribution in [2.24, 2.45) is 0 Å². The number of aliphatic hydroxyl groups excluding tert-OH is 1. The number of phenolic OH excluding ortho intramolecular Hbond substituents is 1. The van der Waals surface area contributed by atoms with Crippen LogP contribution in [0, 0.1) is 20.8 Å². The summed E-state index contributed by atoms with van der Waals surface area (Å²) in [5, 5.41) is 33.4. The predicted molar refractivity (Wildman–Crippen MR) is 135 cm³/mol. The first-order chi connectivity index (χ1) is 17.7. The number of fused-ring (bicyclic) bond motifs is 3. The number of rotatable bonds is 6. The number of allylic oxidation sites excluding steroid dienone is 3. The summed E-state index contributed by atoms with van der Waals surface area (Å²) in [4.78, 5) is 50.5. The standard InChI is InChI=1S/C28H27NO9/c1-11-7-15(27(35)36)12(2)13(3)16(11)10-29-26(34)22-19(37-6)8-18(32)23-24(22)38-20-9-17(31)21(14(4)30)25(33)28(20,23)5/h7-9,31-32H,10H2,1-6H3,(H,29,34)(H,35,36)/t28-/m1/s1. The van der Waals surface area contributed by atoms with Crippen molar-refractivity contribution in [2.45, 2.75) is 46.6 Å². The number of carboxylic acid groups (broad SMARTS) is 1. The van der Waals surface area contributed by atoms with E-state index < -0.39 is 40.2 Å². The molecule has 1 aliphatic carbocycles. The first-order valence-electron chi connectivity index (χ1n) is 11.7. The van der Waals surface area contributed by atoms with Gasteiger partial charge in [0.15, 0.2) is 17.3 Å². The van der Waals surface area contributed by atoms with Crippen molar-refractivity contribution < 1.29 is 44.0 Å². The van der Waals surface area contributed by atoms with Crippen LogP contribution >= 0.6 is 0 Å². The highest BCUT2D eigenvalue weighted by Gasteiger charge is 2.55. The van der Waals surface area contributed by atoms with Gasteiger partial charge in [0, 0.05) is 18.7 Å². The van der Waals surface area contributed by atoms with Gasteiger partial charge in [-0.15, -0.1) is 0 Å². The van der Waals surface area contributed by atoms with Crippen LogP contribution in [-0.2, 0) is 21.5 Å². The third-order valence-electron chi connectivity index (χ3n) is 7.35. The Morgan fingerprint density at radius 3 is 2.34 bits per heavy atom. The molecule has 4 rings (SSSR count). The number of carbonyl (C=O) groups is 4.